The molecule has 1 aliphatic rings. The zero-order chi connectivity index (χ0) is 12.4. The van der Waals surface area contributed by atoms with Crippen molar-refractivity contribution < 1.29 is 4.42 Å². The summed E-state index contributed by atoms with van der Waals surface area (Å²) in [6.45, 7) is 0.574. The average Bonchev–Trinajstić information content (AvgIpc) is 2.87. The topological polar surface area (TPSA) is 52.0 Å². The van der Waals surface area contributed by atoms with Crippen molar-refractivity contribution in [3.05, 3.63) is 41.4 Å². The molecule has 18 heavy (non-hydrogen) atoms. The number of nitrogens with zero attached hydrogens (tertiary/aromatic N) is 1. The third-order valence-electron chi connectivity index (χ3n) is 3.54. The first kappa shape index (κ1) is 11.5. The molecule has 94 valence electrons. The van der Waals surface area contributed by atoms with E-state index in [1.54, 1.807) is 6.20 Å². The Bertz CT molecular complexity index is 545. The number of fused-ring (bicyclic) bond motifs is 1. The number of hydrogen-bond acceptors (Lipinski definition) is 3. The van der Waals surface area contributed by atoms with Crippen molar-refractivity contribution in [1.82, 2.24) is 4.98 Å². The van der Waals surface area contributed by atoms with Crippen molar-refractivity contribution >= 4 is 0 Å². The van der Waals surface area contributed by atoms with Crippen molar-refractivity contribution in [2.24, 2.45) is 5.73 Å². The lowest BCUT2D eigenvalue weighted by molar-refractivity contribution is 0.508. The quantitative estimate of drug-likeness (QED) is 0.900. The van der Waals surface area contributed by atoms with E-state index < -0.39 is 0 Å². The number of nitrogens with two attached hydrogens (primary N) is 1. The Morgan fingerprint density at radius 1 is 1.17 bits per heavy atom. The molecule has 0 spiro atoms. The fourth-order valence-corrected chi connectivity index (χ4v) is 2.57. The van der Waals surface area contributed by atoms with Crippen molar-refractivity contribution in [2.75, 3.05) is 6.54 Å². The largest absolute Gasteiger partial charge is 0.441 e. The molecule has 0 fully saturated rings. The summed E-state index contributed by atoms with van der Waals surface area (Å²) in [5, 5.41) is 0. The Morgan fingerprint density at radius 2 is 2.00 bits per heavy atom. The Labute approximate surface area is 107 Å². The van der Waals surface area contributed by atoms with Gasteiger partial charge < -0.3 is 10.2 Å². The normalized spacial score (nSPS) is 14.5. The lowest BCUT2D eigenvalue weighted by Crippen LogP contribution is -2.02. The van der Waals surface area contributed by atoms with Gasteiger partial charge in [0, 0.05) is 18.5 Å². The Hall–Kier alpha value is -1.61. The fourth-order valence-electron chi connectivity index (χ4n) is 2.57. The molecule has 0 aliphatic heterocycles. The minimum Gasteiger partial charge on any atom is -0.441 e. The first-order chi connectivity index (χ1) is 8.86. The molecule has 1 aliphatic carbocycles. The zero-order valence-electron chi connectivity index (χ0n) is 10.5. The van der Waals surface area contributed by atoms with Crippen molar-refractivity contribution in [3.8, 4) is 11.3 Å². The summed E-state index contributed by atoms with van der Waals surface area (Å²) in [5.41, 5.74) is 9.59. The summed E-state index contributed by atoms with van der Waals surface area (Å²) >= 11 is 0. The van der Waals surface area contributed by atoms with Crippen molar-refractivity contribution in [1.29, 1.82) is 0 Å². The second-order valence-corrected chi connectivity index (χ2v) is 4.85. The van der Waals surface area contributed by atoms with Crippen LogP contribution in [0.1, 0.15) is 29.9 Å². The van der Waals surface area contributed by atoms with Crippen LogP contribution in [-0.2, 0) is 19.3 Å². The fraction of sp³-hybridized carbons (Fsp3) is 0.400. The van der Waals surface area contributed by atoms with E-state index in [0.717, 1.165) is 17.2 Å². The highest BCUT2D eigenvalue weighted by Gasteiger charge is 2.12. The molecule has 3 heteroatoms. The van der Waals surface area contributed by atoms with Crippen LogP contribution in [0.3, 0.4) is 0 Å². The molecular formula is C15H18N2O. The summed E-state index contributed by atoms with van der Waals surface area (Å²) in [4.78, 5) is 4.25. The second kappa shape index (κ2) is 4.94. The molecule has 0 saturated carbocycles. The Kier molecular flexibility index (Phi) is 3.15. The molecule has 3 rings (SSSR count). The van der Waals surface area contributed by atoms with Gasteiger partial charge in [-0.25, -0.2) is 4.98 Å². The van der Waals surface area contributed by atoms with E-state index in [2.05, 4.69) is 23.2 Å². The summed E-state index contributed by atoms with van der Waals surface area (Å²) in [7, 11) is 0. The first-order valence-corrected chi connectivity index (χ1v) is 6.64. The highest BCUT2D eigenvalue weighted by atomic mass is 16.4. The SMILES string of the molecule is NCCc1ncc(-c2ccc3c(c2)CCCC3)o1. The maximum Gasteiger partial charge on any atom is 0.196 e. The second-order valence-electron chi connectivity index (χ2n) is 4.85. The number of oxazole rings is 1. The van der Waals surface area contributed by atoms with Gasteiger partial charge in [0.05, 0.1) is 6.20 Å². The molecule has 1 aromatic carbocycles. The van der Waals surface area contributed by atoms with Crippen LogP contribution in [-0.4, -0.2) is 11.5 Å². The molecule has 3 nitrogen and oxygen atoms in total. The Morgan fingerprint density at radius 3 is 2.83 bits per heavy atom. The van der Waals surface area contributed by atoms with Gasteiger partial charge in [-0.3, -0.25) is 0 Å². The molecule has 2 N–H and O–H groups in total. The predicted octanol–water partition coefficient (Wildman–Crippen LogP) is 2.72. The van der Waals surface area contributed by atoms with E-state index >= 15 is 0 Å². The molecule has 1 aromatic heterocycles. The van der Waals surface area contributed by atoms with Gasteiger partial charge in [-0.2, -0.15) is 0 Å². The van der Waals surface area contributed by atoms with Crippen molar-refractivity contribution in [2.45, 2.75) is 32.1 Å². The molecule has 0 atom stereocenters. The molecule has 0 unspecified atom stereocenters. The first-order valence-electron chi connectivity index (χ1n) is 6.64. The monoisotopic (exact) mass is 242 g/mol. The van der Waals surface area contributed by atoms with Gasteiger partial charge >= 0.3 is 0 Å². The van der Waals surface area contributed by atoms with Gasteiger partial charge in [0.2, 0.25) is 0 Å². The number of aryl methyl sites for hydroxylation is 2. The molecule has 2 aromatic rings. The highest BCUT2D eigenvalue weighted by molar-refractivity contribution is 5.59. The molecule has 0 bridgehead atoms. The minimum absolute atomic E-state index is 0.574. The molecule has 0 saturated heterocycles. The smallest absolute Gasteiger partial charge is 0.196 e. The lowest BCUT2D eigenvalue weighted by Gasteiger charge is -2.15. The highest BCUT2D eigenvalue weighted by Crippen LogP contribution is 2.27. The maximum absolute atomic E-state index is 5.71. The van der Waals surface area contributed by atoms with Gasteiger partial charge in [-0.15, -0.1) is 0 Å². The maximum atomic E-state index is 5.71. The van der Waals surface area contributed by atoms with Gasteiger partial charge in [0.1, 0.15) is 0 Å². The predicted molar refractivity (Wildman–Crippen MR) is 71.3 cm³/mol. The summed E-state index contributed by atoms with van der Waals surface area (Å²) in [5.74, 6) is 1.58. The Balaban J connectivity index is 1.91. The van der Waals surface area contributed by atoms with Crippen LogP contribution in [0.4, 0.5) is 0 Å². The van der Waals surface area contributed by atoms with Gasteiger partial charge in [0.25, 0.3) is 0 Å². The third kappa shape index (κ3) is 2.18. The van der Waals surface area contributed by atoms with E-state index in [1.807, 2.05) is 0 Å². The number of rotatable bonds is 3. The van der Waals surface area contributed by atoms with Crippen LogP contribution < -0.4 is 5.73 Å². The van der Waals surface area contributed by atoms with E-state index in [1.165, 1.54) is 36.8 Å². The molecule has 1 heterocycles. The summed E-state index contributed by atoms with van der Waals surface area (Å²) < 4.78 is 5.71. The van der Waals surface area contributed by atoms with Crippen LogP contribution >= 0.6 is 0 Å². The number of hydrogen-bond donors (Lipinski definition) is 1. The number of benzene rings is 1. The van der Waals surface area contributed by atoms with E-state index in [-0.39, 0.29) is 0 Å². The molecule has 0 amide bonds. The van der Waals surface area contributed by atoms with Crippen LogP contribution in [0.25, 0.3) is 11.3 Å². The average molecular weight is 242 g/mol. The van der Waals surface area contributed by atoms with Gasteiger partial charge in [0.15, 0.2) is 11.7 Å². The van der Waals surface area contributed by atoms with Gasteiger partial charge in [-0.1, -0.05) is 12.1 Å². The number of aromatic nitrogens is 1. The van der Waals surface area contributed by atoms with E-state index in [0.29, 0.717) is 13.0 Å². The van der Waals surface area contributed by atoms with Crippen LogP contribution in [0.15, 0.2) is 28.8 Å². The zero-order valence-corrected chi connectivity index (χ0v) is 10.5. The van der Waals surface area contributed by atoms with E-state index in [9.17, 15) is 0 Å². The standard InChI is InChI=1S/C15H18N2O/c16-8-7-15-17-10-14(18-15)13-6-5-11-3-1-2-4-12(11)9-13/h5-6,9-10H,1-4,7-8,16H2. The summed E-state index contributed by atoms with van der Waals surface area (Å²) in [6, 6.07) is 6.62. The van der Waals surface area contributed by atoms with Crippen LogP contribution in [0.5, 0.6) is 0 Å². The van der Waals surface area contributed by atoms with Crippen LogP contribution in [0.2, 0.25) is 0 Å². The third-order valence-corrected chi connectivity index (χ3v) is 3.54. The van der Waals surface area contributed by atoms with Crippen molar-refractivity contribution in [3.63, 3.8) is 0 Å². The molecular weight excluding hydrogens is 224 g/mol. The minimum atomic E-state index is 0.574. The van der Waals surface area contributed by atoms with E-state index in [4.69, 9.17) is 10.2 Å². The van der Waals surface area contributed by atoms with Gasteiger partial charge in [-0.05, 0) is 42.9 Å². The summed E-state index contributed by atoms with van der Waals surface area (Å²) in [6.07, 6.45) is 7.51. The van der Waals surface area contributed by atoms with Crippen LogP contribution in [0, 0.1) is 0 Å². The lowest BCUT2D eigenvalue weighted by atomic mass is 9.90. The molecule has 0 radical (unpaired) electrons.